The SMILES string of the molecule is CCNC(CCCc1ccc(F)c(Br)c1)C(C)C. The van der Waals surface area contributed by atoms with Crippen molar-refractivity contribution in [3.05, 3.63) is 34.1 Å². The Labute approximate surface area is 118 Å². The summed E-state index contributed by atoms with van der Waals surface area (Å²) < 4.78 is 13.7. The number of hydrogen-bond donors (Lipinski definition) is 1. The first-order chi connectivity index (χ1) is 8.54. The molecule has 1 unspecified atom stereocenters. The van der Waals surface area contributed by atoms with Crippen molar-refractivity contribution in [2.24, 2.45) is 5.92 Å². The van der Waals surface area contributed by atoms with Crippen LogP contribution in [0.5, 0.6) is 0 Å². The molecule has 0 saturated heterocycles. The zero-order chi connectivity index (χ0) is 13.5. The lowest BCUT2D eigenvalue weighted by molar-refractivity contribution is 0.377. The Kier molecular flexibility index (Phi) is 6.87. The maximum absolute atomic E-state index is 13.1. The van der Waals surface area contributed by atoms with Crippen molar-refractivity contribution in [1.82, 2.24) is 5.32 Å². The first-order valence-corrected chi connectivity index (χ1v) is 7.51. The topological polar surface area (TPSA) is 12.0 Å². The van der Waals surface area contributed by atoms with Crippen LogP contribution < -0.4 is 5.32 Å². The molecule has 1 atom stereocenters. The minimum absolute atomic E-state index is 0.188. The Morgan fingerprint density at radius 3 is 2.61 bits per heavy atom. The van der Waals surface area contributed by atoms with Gasteiger partial charge < -0.3 is 5.32 Å². The molecule has 1 rings (SSSR count). The van der Waals surface area contributed by atoms with Crippen LogP contribution in [-0.4, -0.2) is 12.6 Å². The minimum Gasteiger partial charge on any atom is -0.314 e. The van der Waals surface area contributed by atoms with Gasteiger partial charge in [-0.05, 0) is 65.4 Å². The van der Waals surface area contributed by atoms with E-state index in [4.69, 9.17) is 0 Å². The average Bonchev–Trinajstić information content (AvgIpc) is 2.32. The first kappa shape index (κ1) is 15.6. The second kappa shape index (κ2) is 7.90. The van der Waals surface area contributed by atoms with Gasteiger partial charge in [-0.3, -0.25) is 0 Å². The number of hydrogen-bond acceptors (Lipinski definition) is 1. The molecule has 0 spiro atoms. The summed E-state index contributed by atoms with van der Waals surface area (Å²) in [7, 11) is 0. The van der Waals surface area contributed by atoms with Crippen molar-refractivity contribution in [3.63, 3.8) is 0 Å². The van der Waals surface area contributed by atoms with Gasteiger partial charge in [0, 0.05) is 6.04 Å². The zero-order valence-electron chi connectivity index (χ0n) is 11.5. The van der Waals surface area contributed by atoms with Gasteiger partial charge in [0.1, 0.15) is 5.82 Å². The van der Waals surface area contributed by atoms with E-state index in [0.717, 1.165) is 19.4 Å². The van der Waals surface area contributed by atoms with Crippen molar-refractivity contribution >= 4 is 15.9 Å². The molecule has 1 aromatic carbocycles. The van der Waals surface area contributed by atoms with E-state index in [2.05, 4.69) is 42.0 Å². The van der Waals surface area contributed by atoms with Gasteiger partial charge in [-0.15, -0.1) is 0 Å². The van der Waals surface area contributed by atoms with E-state index in [-0.39, 0.29) is 5.82 Å². The van der Waals surface area contributed by atoms with E-state index < -0.39 is 0 Å². The van der Waals surface area contributed by atoms with Crippen molar-refractivity contribution < 1.29 is 4.39 Å². The maximum atomic E-state index is 13.1. The second-order valence-electron chi connectivity index (χ2n) is 5.05. The Hall–Kier alpha value is -0.410. The van der Waals surface area contributed by atoms with Gasteiger partial charge in [0.25, 0.3) is 0 Å². The van der Waals surface area contributed by atoms with E-state index in [9.17, 15) is 4.39 Å². The largest absolute Gasteiger partial charge is 0.314 e. The summed E-state index contributed by atoms with van der Waals surface area (Å²) in [5.74, 6) is 0.469. The van der Waals surface area contributed by atoms with Gasteiger partial charge in [-0.2, -0.15) is 0 Å². The minimum atomic E-state index is -0.188. The third-order valence-corrected chi connectivity index (χ3v) is 3.84. The van der Waals surface area contributed by atoms with Gasteiger partial charge in [-0.25, -0.2) is 4.39 Å². The third kappa shape index (κ3) is 5.07. The van der Waals surface area contributed by atoms with Crippen LogP contribution in [-0.2, 0) is 6.42 Å². The van der Waals surface area contributed by atoms with Crippen LogP contribution in [0.1, 0.15) is 39.2 Å². The Morgan fingerprint density at radius 2 is 2.06 bits per heavy atom. The summed E-state index contributed by atoms with van der Waals surface area (Å²) in [5, 5.41) is 3.52. The number of benzene rings is 1. The lowest BCUT2D eigenvalue weighted by atomic mass is 9.97. The van der Waals surface area contributed by atoms with Gasteiger partial charge in [-0.1, -0.05) is 26.8 Å². The van der Waals surface area contributed by atoms with E-state index in [1.165, 1.54) is 18.1 Å². The predicted molar refractivity (Wildman–Crippen MR) is 79.3 cm³/mol. The highest BCUT2D eigenvalue weighted by Crippen LogP contribution is 2.19. The smallest absolute Gasteiger partial charge is 0.137 e. The Balaban J connectivity index is 2.42. The van der Waals surface area contributed by atoms with Crippen LogP contribution >= 0.6 is 15.9 Å². The van der Waals surface area contributed by atoms with Gasteiger partial charge in [0.05, 0.1) is 4.47 Å². The molecule has 1 N–H and O–H groups in total. The molecule has 1 aromatic rings. The fourth-order valence-corrected chi connectivity index (χ4v) is 2.58. The normalized spacial score (nSPS) is 13.0. The second-order valence-corrected chi connectivity index (χ2v) is 5.90. The van der Waals surface area contributed by atoms with Crippen LogP contribution in [0, 0.1) is 11.7 Å². The molecule has 0 aliphatic rings. The average molecular weight is 316 g/mol. The third-order valence-electron chi connectivity index (χ3n) is 3.24. The summed E-state index contributed by atoms with van der Waals surface area (Å²) in [6.45, 7) is 7.67. The number of aryl methyl sites for hydroxylation is 1. The predicted octanol–water partition coefficient (Wildman–Crippen LogP) is 4.55. The molecule has 0 saturated carbocycles. The highest BCUT2D eigenvalue weighted by atomic mass is 79.9. The summed E-state index contributed by atoms with van der Waals surface area (Å²) in [4.78, 5) is 0. The van der Waals surface area contributed by atoms with E-state index in [1.54, 1.807) is 0 Å². The highest BCUT2D eigenvalue weighted by molar-refractivity contribution is 9.10. The van der Waals surface area contributed by atoms with Crippen molar-refractivity contribution in [1.29, 1.82) is 0 Å². The van der Waals surface area contributed by atoms with Crippen LogP contribution in [0.25, 0.3) is 0 Å². The summed E-state index contributed by atoms with van der Waals surface area (Å²) in [6, 6.07) is 5.87. The quantitative estimate of drug-likeness (QED) is 0.778. The molecule has 0 fully saturated rings. The molecule has 0 aliphatic carbocycles. The van der Waals surface area contributed by atoms with E-state index in [1.807, 2.05) is 12.1 Å². The molecule has 3 heteroatoms. The fraction of sp³-hybridized carbons (Fsp3) is 0.600. The van der Waals surface area contributed by atoms with Crippen LogP contribution in [0.15, 0.2) is 22.7 Å². The lowest BCUT2D eigenvalue weighted by Gasteiger charge is -2.21. The van der Waals surface area contributed by atoms with Crippen LogP contribution in [0.3, 0.4) is 0 Å². The zero-order valence-corrected chi connectivity index (χ0v) is 13.1. The number of nitrogens with one attached hydrogen (secondary N) is 1. The Bertz CT molecular complexity index is 366. The molecule has 0 amide bonds. The molecule has 102 valence electrons. The summed E-state index contributed by atoms with van der Waals surface area (Å²) in [5.41, 5.74) is 1.20. The van der Waals surface area contributed by atoms with Crippen molar-refractivity contribution in [2.75, 3.05) is 6.54 Å². The lowest BCUT2D eigenvalue weighted by Crippen LogP contribution is -2.33. The molecule has 0 heterocycles. The monoisotopic (exact) mass is 315 g/mol. The van der Waals surface area contributed by atoms with E-state index >= 15 is 0 Å². The molecular weight excluding hydrogens is 293 g/mol. The summed E-state index contributed by atoms with van der Waals surface area (Å²) >= 11 is 3.23. The molecule has 0 bridgehead atoms. The van der Waals surface area contributed by atoms with Crippen LogP contribution in [0.2, 0.25) is 0 Å². The van der Waals surface area contributed by atoms with Crippen molar-refractivity contribution in [3.8, 4) is 0 Å². The van der Waals surface area contributed by atoms with Gasteiger partial charge >= 0.3 is 0 Å². The van der Waals surface area contributed by atoms with E-state index in [0.29, 0.717) is 16.4 Å². The Morgan fingerprint density at radius 1 is 1.33 bits per heavy atom. The molecule has 1 nitrogen and oxygen atoms in total. The fourth-order valence-electron chi connectivity index (χ4n) is 2.15. The standard InChI is InChI=1S/C15H23BrFN/c1-4-18-15(11(2)3)7-5-6-12-8-9-14(17)13(16)10-12/h8-11,15,18H,4-7H2,1-3H3. The molecule has 0 aromatic heterocycles. The molecule has 18 heavy (non-hydrogen) atoms. The molecule has 0 aliphatic heterocycles. The molecular formula is C15H23BrFN. The number of rotatable bonds is 7. The van der Waals surface area contributed by atoms with Crippen LogP contribution in [0.4, 0.5) is 4.39 Å². The number of halogens is 2. The first-order valence-electron chi connectivity index (χ1n) is 6.72. The van der Waals surface area contributed by atoms with Gasteiger partial charge in [0.2, 0.25) is 0 Å². The van der Waals surface area contributed by atoms with Crippen molar-refractivity contribution in [2.45, 2.75) is 46.1 Å². The highest BCUT2D eigenvalue weighted by Gasteiger charge is 2.11. The summed E-state index contributed by atoms with van der Waals surface area (Å²) in [6.07, 6.45) is 3.31. The maximum Gasteiger partial charge on any atom is 0.137 e. The van der Waals surface area contributed by atoms with Gasteiger partial charge in [0.15, 0.2) is 0 Å². The molecule has 0 radical (unpaired) electrons.